The van der Waals surface area contributed by atoms with Gasteiger partial charge in [0, 0.05) is 17.1 Å². The van der Waals surface area contributed by atoms with Crippen molar-refractivity contribution in [1.29, 1.82) is 0 Å². The smallest absolute Gasteiger partial charge is 0.0464 e. The first kappa shape index (κ1) is 14.4. The van der Waals surface area contributed by atoms with Crippen LogP contribution >= 0.6 is 0 Å². The molecule has 3 rings (SSSR count). The van der Waals surface area contributed by atoms with Crippen LogP contribution in [0.4, 0.5) is 17.1 Å². The van der Waals surface area contributed by atoms with Gasteiger partial charge in [0.05, 0.1) is 0 Å². The molecule has 3 aromatic rings. The molecule has 0 aliphatic carbocycles. The van der Waals surface area contributed by atoms with Gasteiger partial charge in [0.2, 0.25) is 0 Å². The van der Waals surface area contributed by atoms with Gasteiger partial charge in [0.15, 0.2) is 0 Å². The van der Waals surface area contributed by atoms with Crippen LogP contribution in [-0.4, -0.2) is 0 Å². The Morgan fingerprint density at radius 2 is 1.23 bits per heavy atom. The van der Waals surface area contributed by atoms with E-state index >= 15 is 0 Å². The molecule has 22 heavy (non-hydrogen) atoms. The standard InChI is InChI=1S/C21H21N/c1-3-18-16-21(15-14-17(18)2)22(19-10-6-4-7-11-19)20-12-8-5-9-13-20/h4-16H,3H2,1-2H3. The average molecular weight is 287 g/mol. The normalized spacial score (nSPS) is 10.5. The molecule has 0 spiro atoms. The molecule has 0 aliphatic heterocycles. The van der Waals surface area contributed by atoms with Crippen LogP contribution in [0.15, 0.2) is 78.9 Å². The summed E-state index contributed by atoms with van der Waals surface area (Å²) in [5.74, 6) is 0. The second-order valence-corrected chi connectivity index (χ2v) is 5.47. The third kappa shape index (κ3) is 2.89. The molecule has 1 nitrogen and oxygen atoms in total. The zero-order valence-corrected chi connectivity index (χ0v) is 13.2. The van der Waals surface area contributed by atoms with Crippen molar-refractivity contribution in [1.82, 2.24) is 0 Å². The van der Waals surface area contributed by atoms with Crippen molar-refractivity contribution < 1.29 is 0 Å². The Labute approximate surface area is 132 Å². The molecular formula is C21H21N. The van der Waals surface area contributed by atoms with Crippen molar-refractivity contribution in [3.05, 3.63) is 90.0 Å². The molecule has 0 saturated heterocycles. The number of anilines is 3. The number of rotatable bonds is 4. The van der Waals surface area contributed by atoms with Crippen LogP contribution in [0, 0.1) is 6.92 Å². The maximum absolute atomic E-state index is 2.30. The Hall–Kier alpha value is -2.54. The van der Waals surface area contributed by atoms with E-state index in [9.17, 15) is 0 Å². The number of para-hydroxylation sites is 2. The molecule has 0 aliphatic rings. The van der Waals surface area contributed by atoms with Gasteiger partial charge < -0.3 is 4.90 Å². The van der Waals surface area contributed by atoms with Crippen LogP contribution < -0.4 is 4.90 Å². The predicted molar refractivity (Wildman–Crippen MR) is 95.2 cm³/mol. The van der Waals surface area contributed by atoms with Gasteiger partial charge in [-0.3, -0.25) is 0 Å². The Kier molecular flexibility index (Phi) is 4.24. The van der Waals surface area contributed by atoms with Gasteiger partial charge >= 0.3 is 0 Å². The quantitative estimate of drug-likeness (QED) is 0.566. The van der Waals surface area contributed by atoms with E-state index in [-0.39, 0.29) is 0 Å². The van der Waals surface area contributed by atoms with Gasteiger partial charge in [-0.15, -0.1) is 0 Å². The lowest BCUT2D eigenvalue weighted by Crippen LogP contribution is -2.10. The summed E-state index contributed by atoms with van der Waals surface area (Å²) in [5.41, 5.74) is 6.32. The number of hydrogen-bond acceptors (Lipinski definition) is 1. The highest BCUT2D eigenvalue weighted by atomic mass is 15.1. The summed E-state index contributed by atoms with van der Waals surface area (Å²) < 4.78 is 0. The fourth-order valence-electron chi connectivity index (χ4n) is 2.78. The molecule has 0 unspecified atom stereocenters. The molecule has 0 N–H and O–H groups in total. The molecule has 0 fully saturated rings. The first-order chi connectivity index (χ1) is 10.8. The highest BCUT2D eigenvalue weighted by Gasteiger charge is 2.12. The van der Waals surface area contributed by atoms with Gasteiger partial charge in [-0.2, -0.15) is 0 Å². The van der Waals surface area contributed by atoms with Gasteiger partial charge in [0.25, 0.3) is 0 Å². The summed E-state index contributed by atoms with van der Waals surface area (Å²) >= 11 is 0. The minimum atomic E-state index is 1.05. The first-order valence-corrected chi connectivity index (χ1v) is 7.79. The van der Waals surface area contributed by atoms with Crippen LogP contribution in [0.5, 0.6) is 0 Å². The highest BCUT2D eigenvalue weighted by Crippen LogP contribution is 2.34. The lowest BCUT2D eigenvalue weighted by molar-refractivity contribution is 1.10. The molecular weight excluding hydrogens is 266 g/mol. The number of nitrogens with zero attached hydrogens (tertiary/aromatic N) is 1. The minimum Gasteiger partial charge on any atom is -0.310 e. The SMILES string of the molecule is CCc1cc(N(c2ccccc2)c2ccccc2)ccc1C. The lowest BCUT2D eigenvalue weighted by atomic mass is 10.0. The van der Waals surface area contributed by atoms with Gasteiger partial charge in [0.1, 0.15) is 0 Å². The molecule has 0 aromatic heterocycles. The van der Waals surface area contributed by atoms with E-state index in [1.54, 1.807) is 0 Å². The molecule has 0 heterocycles. The van der Waals surface area contributed by atoms with Crippen LogP contribution in [0.2, 0.25) is 0 Å². The zero-order valence-electron chi connectivity index (χ0n) is 13.2. The zero-order chi connectivity index (χ0) is 15.4. The first-order valence-electron chi connectivity index (χ1n) is 7.79. The minimum absolute atomic E-state index is 1.05. The van der Waals surface area contributed by atoms with Crippen LogP contribution in [0.1, 0.15) is 18.1 Å². The van der Waals surface area contributed by atoms with E-state index in [0.29, 0.717) is 0 Å². The highest BCUT2D eigenvalue weighted by molar-refractivity contribution is 5.76. The van der Waals surface area contributed by atoms with E-state index in [1.807, 2.05) is 0 Å². The fourth-order valence-corrected chi connectivity index (χ4v) is 2.78. The molecule has 0 bridgehead atoms. The molecule has 1 heteroatoms. The van der Waals surface area contributed by atoms with E-state index < -0.39 is 0 Å². The lowest BCUT2D eigenvalue weighted by Gasteiger charge is -2.26. The van der Waals surface area contributed by atoms with Crippen LogP contribution in [0.3, 0.4) is 0 Å². The summed E-state index contributed by atoms with van der Waals surface area (Å²) in [7, 11) is 0. The molecule has 3 aromatic carbocycles. The monoisotopic (exact) mass is 287 g/mol. The maximum atomic E-state index is 2.30. The average Bonchev–Trinajstić information content (AvgIpc) is 2.58. The van der Waals surface area contributed by atoms with Crippen LogP contribution in [0.25, 0.3) is 0 Å². The molecule has 0 saturated carbocycles. The van der Waals surface area contributed by atoms with Crippen molar-refractivity contribution in [3.8, 4) is 0 Å². The van der Waals surface area contributed by atoms with E-state index in [0.717, 1.165) is 6.42 Å². The van der Waals surface area contributed by atoms with Gasteiger partial charge in [-0.05, 0) is 60.9 Å². The van der Waals surface area contributed by atoms with Crippen molar-refractivity contribution >= 4 is 17.1 Å². The largest absolute Gasteiger partial charge is 0.310 e. The second-order valence-electron chi connectivity index (χ2n) is 5.47. The van der Waals surface area contributed by atoms with Crippen LogP contribution in [-0.2, 0) is 6.42 Å². The molecule has 0 amide bonds. The van der Waals surface area contributed by atoms with E-state index in [1.165, 1.54) is 28.2 Å². The van der Waals surface area contributed by atoms with E-state index in [2.05, 4.69) is 97.6 Å². The van der Waals surface area contributed by atoms with Crippen molar-refractivity contribution in [3.63, 3.8) is 0 Å². The fraction of sp³-hybridized carbons (Fsp3) is 0.143. The van der Waals surface area contributed by atoms with Crippen molar-refractivity contribution in [2.75, 3.05) is 4.90 Å². The third-order valence-electron chi connectivity index (χ3n) is 4.00. The number of hydrogen-bond donors (Lipinski definition) is 0. The van der Waals surface area contributed by atoms with Gasteiger partial charge in [-0.1, -0.05) is 49.4 Å². The summed E-state index contributed by atoms with van der Waals surface area (Å²) in [6.07, 6.45) is 1.05. The Morgan fingerprint density at radius 1 is 0.682 bits per heavy atom. The summed E-state index contributed by atoms with van der Waals surface area (Å²) in [5, 5.41) is 0. The molecule has 0 atom stereocenters. The maximum Gasteiger partial charge on any atom is 0.0464 e. The second kappa shape index (κ2) is 6.48. The Bertz CT molecular complexity index is 693. The topological polar surface area (TPSA) is 3.24 Å². The molecule has 0 radical (unpaired) electrons. The number of benzene rings is 3. The molecule has 110 valence electrons. The Balaban J connectivity index is 2.14. The summed E-state index contributed by atoms with van der Waals surface area (Å²) in [6.45, 7) is 4.39. The van der Waals surface area contributed by atoms with Crippen molar-refractivity contribution in [2.24, 2.45) is 0 Å². The summed E-state index contributed by atoms with van der Waals surface area (Å²) in [4.78, 5) is 2.30. The third-order valence-corrected chi connectivity index (χ3v) is 4.00. The predicted octanol–water partition coefficient (Wildman–Crippen LogP) is 6.03. The Morgan fingerprint density at radius 3 is 1.73 bits per heavy atom. The van der Waals surface area contributed by atoms with Gasteiger partial charge in [-0.25, -0.2) is 0 Å². The van der Waals surface area contributed by atoms with E-state index in [4.69, 9.17) is 0 Å². The summed E-state index contributed by atoms with van der Waals surface area (Å²) in [6, 6.07) is 27.8. The van der Waals surface area contributed by atoms with Crippen molar-refractivity contribution in [2.45, 2.75) is 20.3 Å². The number of aryl methyl sites for hydroxylation is 2.